The molecule has 0 amide bonds. The number of piperidine rings is 1. The lowest BCUT2D eigenvalue weighted by atomic mass is 9.87. The normalized spacial score (nSPS) is 18.4. The van der Waals surface area contributed by atoms with Crippen LogP contribution >= 0.6 is 0 Å². The summed E-state index contributed by atoms with van der Waals surface area (Å²) in [5.74, 6) is 0.668. The summed E-state index contributed by atoms with van der Waals surface area (Å²) in [7, 11) is -3.50. The molecule has 1 heterocycles. The van der Waals surface area contributed by atoms with E-state index in [2.05, 4.69) is 30.3 Å². The van der Waals surface area contributed by atoms with Crippen LogP contribution in [0.5, 0.6) is 5.75 Å². The molecule has 216 valence electrons. The molecule has 3 aromatic carbocycles. The van der Waals surface area contributed by atoms with Gasteiger partial charge in [0, 0.05) is 12.5 Å². The van der Waals surface area contributed by atoms with Gasteiger partial charge in [0.15, 0.2) is 0 Å². The molecule has 0 aromatic heterocycles. The van der Waals surface area contributed by atoms with Gasteiger partial charge in [-0.25, -0.2) is 4.79 Å². The number of benzene rings is 3. The first-order valence-electron chi connectivity index (χ1n) is 13.3. The quantitative estimate of drug-likeness (QED) is 0.179. The minimum Gasteiger partial charge on any atom is -0.491 e. The van der Waals surface area contributed by atoms with Gasteiger partial charge in [0.2, 0.25) is 0 Å². The van der Waals surface area contributed by atoms with Crippen LogP contribution < -0.4 is 4.74 Å². The molecule has 2 unspecified atom stereocenters. The molecule has 0 bridgehead atoms. The topological polar surface area (TPSA) is 101 Å². The Morgan fingerprint density at radius 1 is 0.975 bits per heavy atom. The van der Waals surface area contributed by atoms with Gasteiger partial charge in [-0.2, -0.15) is 8.42 Å². The van der Waals surface area contributed by atoms with Crippen LogP contribution in [0.3, 0.4) is 0 Å². The summed E-state index contributed by atoms with van der Waals surface area (Å²) in [5.41, 5.74) is 1.48. The molecule has 1 aliphatic heterocycles. The molecule has 0 saturated carbocycles. The lowest BCUT2D eigenvalue weighted by Gasteiger charge is -2.37. The van der Waals surface area contributed by atoms with Crippen molar-refractivity contribution in [1.29, 1.82) is 0 Å². The number of hydrogen-bond acceptors (Lipinski definition) is 9. The van der Waals surface area contributed by atoms with Crippen LogP contribution in [0, 0.1) is 0 Å². The summed E-state index contributed by atoms with van der Waals surface area (Å²) < 4.78 is 44.3. The number of nitrogens with zero attached hydrogens (tertiary/aromatic N) is 1. The van der Waals surface area contributed by atoms with Crippen molar-refractivity contribution in [3.63, 3.8) is 0 Å². The highest BCUT2D eigenvalue weighted by atomic mass is 32.2. The summed E-state index contributed by atoms with van der Waals surface area (Å²) in [6.45, 7) is 6.77. The fraction of sp³-hybridized carbons (Fsp3) is 0.433. The Kier molecular flexibility index (Phi) is 9.68. The Morgan fingerprint density at radius 2 is 1.70 bits per heavy atom. The van der Waals surface area contributed by atoms with Crippen LogP contribution in [0.15, 0.2) is 66.7 Å². The molecule has 0 N–H and O–H groups in total. The Bertz CT molecular complexity index is 1380. The zero-order valence-corrected chi connectivity index (χ0v) is 24.2. The number of ether oxygens (including phenoxy) is 3. The van der Waals surface area contributed by atoms with Crippen LogP contribution in [-0.2, 0) is 35.2 Å². The van der Waals surface area contributed by atoms with Gasteiger partial charge in [-0.05, 0) is 67.3 Å². The summed E-state index contributed by atoms with van der Waals surface area (Å²) in [4.78, 5) is 17.8. The third kappa shape index (κ3) is 9.19. The lowest BCUT2D eigenvalue weighted by Crippen LogP contribution is -2.45. The minimum absolute atomic E-state index is 0.0542. The second-order valence-electron chi connectivity index (χ2n) is 10.8. The first kappa shape index (κ1) is 29.8. The monoisotopic (exact) mass is 571 g/mol. The fourth-order valence-electron chi connectivity index (χ4n) is 4.58. The summed E-state index contributed by atoms with van der Waals surface area (Å²) in [5, 5.41) is 3.93. The summed E-state index contributed by atoms with van der Waals surface area (Å²) in [6.07, 6.45) is 0.718. The first-order chi connectivity index (χ1) is 18.9. The SMILES string of the molecule is CC(C)(C)OC(=O)ON1CCC(c2ccc(OCCOS(C)(=O)=O)cc2)C(OCc2ccc3ccccc3c2)C1. The molecule has 1 aliphatic rings. The second-order valence-corrected chi connectivity index (χ2v) is 12.5. The van der Waals surface area contributed by atoms with E-state index in [0.717, 1.165) is 22.8 Å². The third-order valence-corrected chi connectivity index (χ3v) is 6.95. The molecule has 0 radical (unpaired) electrons. The lowest BCUT2D eigenvalue weighted by molar-refractivity contribution is -0.179. The van der Waals surface area contributed by atoms with Gasteiger partial charge in [-0.1, -0.05) is 48.5 Å². The van der Waals surface area contributed by atoms with Crippen molar-refractivity contribution in [1.82, 2.24) is 5.06 Å². The predicted octanol–water partition coefficient (Wildman–Crippen LogP) is 5.44. The van der Waals surface area contributed by atoms with E-state index >= 15 is 0 Å². The summed E-state index contributed by atoms with van der Waals surface area (Å²) in [6, 6.07) is 22.1. The van der Waals surface area contributed by atoms with E-state index in [1.807, 2.05) is 36.4 Å². The van der Waals surface area contributed by atoms with E-state index in [9.17, 15) is 13.2 Å². The zero-order valence-electron chi connectivity index (χ0n) is 23.4. The Balaban J connectivity index is 1.43. The van der Waals surface area contributed by atoms with Gasteiger partial charge in [0.1, 0.15) is 24.6 Å². The van der Waals surface area contributed by atoms with E-state index in [1.54, 1.807) is 25.8 Å². The molecule has 10 heteroatoms. The third-order valence-electron chi connectivity index (χ3n) is 6.35. The average molecular weight is 572 g/mol. The highest BCUT2D eigenvalue weighted by Gasteiger charge is 2.34. The minimum atomic E-state index is -3.50. The van der Waals surface area contributed by atoms with Crippen molar-refractivity contribution in [2.75, 3.05) is 32.6 Å². The average Bonchev–Trinajstić information content (AvgIpc) is 2.89. The van der Waals surface area contributed by atoms with Gasteiger partial charge >= 0.3 is 6.16 Å². The first-order valence-corrected chi connectivity index (χ1v) is 15.1. The number of hydroxylamine groups is 2. The van der Waals surface area contributed by atoms with Crippen LogP contribution in [0.1, 0.15) is 44.2 Å². The van der Waals surface area contributed by atoms with Gasteiger partial charge in [-0.3, -0.25) is 4.18 Å². The van der Waals surface area contributed by atoms with Gasteiger partial charge in [-0.15, -0.1) is 5.06 Å². The van der Waals surface area contributed by atoms with Crippen LogP contribution in [0.4, 0.5) is 4.79 Å². The van der Waals surface area contributed by atoms with Gasteiger partial charge in [0.25, 0.3) is 10.1 Å². The van der Waals surface area contributed by atoms with Crippen molar-refractivity contribution >= 4 is 27.0 Å². The molecule has 3 aromatic rings. The van der Waals surface area contributed by atoms with Crippen LogP contribution in [-0.4, -0.2) is 63.9 Å². The zero-order chi connectivity index (χ0) is 28.8. The molecule has 9 nitrogen and oxygen atoms in total. The van der Waals surface area contributed by atoms with Gasteiger partial charge < -0.3 is 19.0 Å². The maximum Gasteiger partial charge on any atom is 0.528 e. The van der Waals surface area contributed by atoms with Crippen molar-refractivity contribution in [2.45, 2.75) is 51.4 Å². The van der Waals surface area contributed by atoms with E-state index in [1.165, 1.54) is 5.39 Å². The van der Waals surface area contributed by atoms with Gasteiger partial charge in [0.05, 0.1) is 25.5 Å². The van der Waals surface area contributed by atoms with Crippen molar-refractivity contribution in [3.05, 3.63) is 77.9 Å². The van der Waals surface area contributed by atoms with E-state index in [0.29, 0.717) is 31.9 Å². The molecule has 4 rings (SSSR count). The molecular weight excluding hydrogens is 534 g/mol. The van der Waals surface area contributed by atoms with E-state index in [-0.39, 0.29) is 25.2 Å². The molecule has 40 heavy (non-hydrogen) atoms. The largest absolute Gasteiger partial charge is 0.528 e. The highest BCUT2D eigenvalue weighted by Crippen LogP contribution is 2.33. The Morgan fingerprint density at radius 3 is 2.40 bits per heavy atom. The number of rotatable bonds is 10. The standard InChI is InChI=1S/C30H37NO8S/c1-30(2,3)38-29(32)39-31-16-15-27(24-11-13-26(14-12-24)35-17-18-37-40(4,33)34)28(20-31)36-21-22-9-10-23-7-5-6-8-25(23)19-22/h5-14,19,27-28H,15-18,20-21H2,1-4H3. The molecule has 0 aliphatic carbocycles. The summed E-state index contributed by atoms with van der Waals surface area (Å²) >= 11 is 0. The Hall–Kier alpha value is -3.18. The number of carbonyl (C=O) groups is 1. The van der Waals surface area contributed by atoms with E-state index in [4.69, 9.17) is 23.2 Å². The molecule has 1 saturated heterocycles. The van der Waals surface area contributed by atoms with Crippen LogP contribution in [0.25, 0.3) is 10.8 Å². The maximum atomic E-state index is 12.3. The second kappa shape index (κ2) is 13.0. The molecule has 1 fully saturated rings. The fourth-order valence-corrected chi connectivity index (χ4v) is 4.95. The number of hydrogen-bond donors (Lipinski definition) is 0. The molecule has 0 spiro atoms. The molecular formula is C30H37NO8S. The van der Waals surface area contributed by atoms with Crippen LogP contribution in [0.2, 0.25) is 0 Å². The van der Waals surface area contributed by atoms with Crippen molar-refractivity contribution in [2.24, 2.45) is 0 Å². The predicted molar refractivity (Wildman–Crippen MR) is 152 cm³/mol. The maximum absolute atomic E-state index is 12.3. The number of fused-ring (bicyclic) bond motifs is 1. The van der Waals surface area contributed by atoms with Crippen molar-refractivity contribution in [3.8, 4) is 5.75 Å². The number of carbonyl (C=O) groups excluding carboxylic acids is 1. The highest BCUT2D eigenvalue weighted by molar-refractivity contribution is 7.85. The smallest absolute Gasteiger partial charge is 0.491 e. The molecule has 2 atom stereocenters. The van der Waals surface area contributed by atoms with E-state index < -0.39 is 21.9 Å². The van der Waals surface area contributed by atoms with Crippen molar-refractivity contribution < 1.29 is 36.4 Å². The Labute approximate surface area is 236 Å².